The Balaban J connectivity index is 1.55. The zero-order chi connectivity index (χ0) is 13.8. The number of piperidine rings is 1. The molecule has 2 saturated heterocycles. The van der Waals surface area contributed by atoms with Crippen molar-refractivity contribution in [1.29, 1.82) is 0 Å². The second kappa shape index (κ2) is 7.24. The summed E-state index contributed by atoms with van der Waals surface area (Å²) in [5, 5.41) is 3.69. The largest absolute Gasteiger partial charge is 0.379 e. The highest BCUT2D eigenvalue weighted by Gasteiger charge is 2.36. The molecule has 1 N–H and O–H groups in total. The summed E-state index contributed by atoms with van der Waals surface area (Å²) >= 11 is 0. The maximum atomic E-state index is 5.76. The first-order valence-corrected chi connectivity index (χ1v) is 8.93. The van der Waals surface area contributed by atoms with Gasteiger partial charge >= 0.3 is 0 Å². The van der Waals surface area contributed by atoms with Crippen molar-refractivity contribution in [2.75, 3.05) is 32.8 Å². The van der Waals surface area contributed by atoms with Gasteiger partial charge in [0.25, 0.3) is 0 Å². The van der Waals surface area contributed by atoms with Gasteiger partial charge in [-0.1, -0.05) is 19.8 Å². The molecule has 3 rings (SSSR count). The summed E-state index contributed by atoms with van der Waals surface area (Å²) in [5.41, 5.74) is 0. The smallest absolute Gasteiger partial charge is 0.0623 e. The molecule has 3 fully saturated rings. The van der Waals surface area contributed by atoms with Crippen LogP contribution >= 0.6 is 0 Å². The lowest BCUT2D eigenvalue weighted by atomic mass is 9.78. The first-order valence-electron chi connectivity index (χ1n) is 8.93. The van der Waals surface area contributed by atoms with Crippen LogP contribution in [0, 0.1) is 11.8 Å². The zero-order valence-corrected chi connectivity index (χ0v) is 13.2. The summed E-state index contributed by atoms with van der Waals surface area (Å²) in [6.07, 6.45) is 9.99. The minimum absolute atomic E-state index is 0.596. The van der Waals surface area contributed by atoms with Gasteiger partial charge in [0.2, 0.25) is 0 Å². The fourth-order valence-corrected chi connectivity index (χ4v) is 4.59. The molecule has 0 aromatic rings. The predicted octanol–water partition coefficient (Wildman–Crippen LogP) is 2.66. The van der Waals surface area contributed by atoms with Crippen LogP contribution in [0.2, 0.25) is 0 Å². The van der Waals surface area contributed by atoms with Crippen LogP contribution in [0.5, 0.6) is 0 Å². The second-order valence-electron chi connectivity index (χ2n) is 7.11. The number of rotatable bonds is 5. The Bertz CT molecular complexity index is 295. The van der Waals surface area contributed by atoms with Gasteiger partial charge in [-0.3, -0.25) is 4.90 Å². The van der Waals surface area contributed by atoms with E-state index in [0.717, 1.165) is 31.7 Å². The topological polar surface area (TPSA) is 24.5 Å². The van der Waals surface area contributed by atoms with Crippen LogP contribution in [0.4, 0.5) is 0 Å². The average Bonchev–Trinajstić information content (AvgIpc) is 2.93. The van der Waals surface area contributed by atoms with E-state index >= 15 is 0 Å². The average molecular weight is 280 g/mol. The maximum absolute atomic E-state index is 5.76. The van der Waals surface area contributed by atoms with Crippen LogP contribution in [0.1, 0.15) is 51.9 Å². The van der Waals surface area contributed by atoms with Crippen LogP contribution in [-0.2, 0) is 4.74 Å². The SMILES string of the molecule is CCCNC1COCC1CN1CCCC2CCCCC21. The molecule has 0 amide bonds. The maximum Gasteiger partial charge on any atom is 0.0623 e. The van der Waals surface area contributed by atoms with Crippen molar-refractivity contribution < 1.29 is 4.74 Å². The third kappa shape index (κ3) is 3.37. The third-order valence-electron chi connectivity index (χ3n) is 5.68. The highest BCUT2D eigenvalue weighted by molar-refractivity contribution is 4.91. The Morgan fingerprint density at radius 1 is 1.10 bits per heavy atom. The number of ether oxygens (including phenoxy) is 1. The van der Waals surface area contributed by atoms with E-state index in [1.54, 1.807) is 0 Å². The van der Waals surface area contributed by atoms with Crippen LogP contribution in [0.15, 0.2) is 0 Å². The Kier molecular flexibility index (Phi) is 5.36. The van der Waals surface area contributed by atoms with Crippen molar-refractivity contribution in [2.45, 2.75) is 64.0 Å². The Morgan fingerprint density at radius 3 is 2.85 bits per heavy atom. The number of hydrogen-bond donors (Lipinski definition) is 1. The van der Waals surface area contributed by atoms with E-state index in [1.165, 1.54) is 58.0 Å². The van der Waals surface area contributed by atoms with E-state index in [-0.39, 0.29) is 0 Å². The molecule has 3 nitrogen and oxygen atoms in total. The summed E-state index contributed by atoms with van der Waals surface area (Å²) in [4.78, 5) is 2.83. The fourth-order valence-electron chi connectivity index (χ4n) is 4.59. The molecule has 0 spiro atoms. The summed E-state index contributed by atoms with van der Waals surface area (Å²) < 4.78 is 5.76. The van der Waals surface area contributed by atoms with Crippen molar-refractivity contribution >= 4 is 0 Å². The van der Waals surface area contributed by atoms with Gasteiger partial charge in [0.1, 0.15) is 0 Å². The molecule has 20 heavy (non-hydrogen) atoms. The molecular formula is C17H32N2O. The van der Waals surface area contributed by atoms with Gasteiger partial charge in [0.05, 0.1) is 13.2 Å². The van der Waals surface area contributed by atoms with Crippen molar-refractivity contribution in [3.05, 3.63) is 0 Å². The molecule has 0 bridgehead atoms. The van der Waals surface area contributed by atoms with E-state index in [1.807, 2.05) is 0 Å². The van der Waals surface area contributed by atoms with Crippen LogP contribution in [-0.4, -0.2) is 49.8 Å². The van der Waals surface area contributed by atoms with Crippen molar-refractivity contribution in [1.82, 2.24) is 10.2 Å². The molecule has 0 radical (unpaired) electrons. The molecule has 4 atom stereocenters. The monoisotopic (exact) mass is 280 g/mol. The lowest BCUT2D eigenvalue weighted by Crippen LogP contribution is -2.51. The quantitative estimate of drug-likeness (QED) is 0.838. The molecule has 1 aliphatic carbocycles. The minimum Gasteiger partial charge on any atom is -0.379 e. The molecule has 4 unspecified atom stereocenters. The summed E-state index contributed by atoms with van der Waals surface area (Å²) in [6.45, 7) is 7.87. The van der Waals surface area contributed by atoms with Crippen molar-refractivity contribution in [3.8, 4) is 0 Å². The summed E-state index contributed by atoms with van der Waals surface area (Å²) in [6, 6.07) is 1.49. The van der Waals surface area contributed by atoms with Gasteiger partial charge in [0, 0.05) is 24.5 Å². The molecule has 0 aromatic heterocycles. The van der Waals surface area contributed by atoms with Gasteiger partial charge < -0.3 is 10.1 Å². The Labute approximate surface area is 124 Å². The van der Waals surface area contributed by atoms with Crippen LogP contribution < -0.4 is 5.32 Å². The number of likely N-dealkylation sites (tertiary alicyclic amines) is 1. The lowest BCUT2D eigenvalue weighted by molar-refractivity contribution is 0.0438. The van der Waals surface area contributed by atoms with E-state index < -0.39 is 0 Å². The van der Waals surface area contributed by atoms with Crippen molar-refractivity contribution in [3.63, 3.8) is 0 Å². The lowest BCUT2D eigenvalue weighted by Gasteiger charge is -2.45. The third-order valence-corrected chi connectivity index (χ3v) is 5.68. The number of nitrogens with one attached hydrogen (secondary N) is 1. The van der Waals surface area contributed by atoms with Crippen molar-refractivity contribution in [2.24, 2.45) is 11.8 Å². The highest BCUT2D eigenvalue weighted by atomic mass is 16.5. The molecular weight excluding hydrogens is 248 g/mol. The molecule has 0 aromatic carbocycles. The molecule has 116 valence electrons. The fraction of sp³-hybridized carbons (Fsp3) is 1.00. The van der Waals surface area contributed by atoms with Crippen LogP contribution in [0.25, 0.3) is 0 Å². The first-order chi connectivity index (χ1) is 9.88. The first kappa shape index (κ1) is 14.8. The molecule has 2 aliphatic heterocycles. The highest BCUT2D eigenvalue weighted by Crippen LogP contribution is 2.36. The molecule has 3 aliphatic rings. The second-order valence-corrected chi connectivity index (χ2v) is 7.11. The van der Waals surface area contributed by atoms with Gasteiger partial charge in [-0.25, -0.2) is 0 Å². The van der Waals surface area contributed by atoms with Gasteiger partial charge in [-0.2, -0.15) is 0 Å². The molecule has 1 saturated carbocycles. The van der Waals surface area contributed by atoms with Gasteiger partial charge in [-0.05, 0) is 51.1 Å². The minimum atomic E-state index is 0.596. The Morgan fingerprint density at radius 2 is 1.95 bits per heavy atom. The predicted molar refractivity (Wildman–Crippen MR) is 82.9 cm³/mol. The summed E-state index contributed by atoms with van der Waals surface area (Å²) in [5.74, 6) is 1.71. The van der Waals surface area contributed by atoms with Gasteiger partial charge in [-0.15, -0.1) is 0 Å². The number of fused-ring (bicyclic) bond motifs is 1. The van der Waals surface area contributed by atoms with Crippen LogP contribution in [0.3, 0.4) is 0 Å². The van der Waals surface area contributed by atoms with E-state index in [0.29, 0.717) is 12.0 Å². The zero-order valence-electron chi connectivity index (χ0n) is 13.2. The Hall–Kier alpha value is -0.120. The molecule has 3 heteroatoms. The van der Waals surface area contributed by atoms with Gasteiger partial charge in [0.15, 0.2) is 0 Å². The number of hydrogen-bond acceptors (Lipinski definition) is 3. The summed E-state index contributed by atoms with van der Waals surface area (Å²) in [7, 11) is 0. The van der Waals surface area contributed by atoms with E-state index in [2.05, 4.69) is 17.1 Å². The van der Waals surface area contributed by atoms with E-state index in [9.17, 15) is 0 Å². The normalized spacial score (nSPS) is 38.9. The number of nitrogens with zero attached hydrogens (tertiary/aromatic N) is 1. The van der Waals surface area contributed by atoms with E-state index in [4.69, 9.17) is 4.74 Å². The molecule has 2 heterocycles. The standard InChI is InChI=1S/C17H32N2O/c1-2-9-18-16-13-20-12-15(16)11-19-10-5-7-14-6-3-4-8-17(14)19/h14-18H,2-13H2,1H3.